The average Bonchev–Trinajstić information content (AvgIpc) is 2.74. The summed E-state index contributed by atoms with van der Waals surface area (Å²) in [6, 6.07) is 32.0. The van der Waals surface area contributed by atoms with Crippen LogP contribution < -0.4 is 0 Å². The monoisotopic (exact) mass is 359 g/mol. The molecule has 3 rings (SSSR count). The highest BCUT2D eigenvalue weighted by Gasteiger charge is 2.20. The van der Waals surface area contributed by atoms with Gasteiger partial charge in [0.25, 0.3) is 0 Å². The number of aliphatic hydroxyl groups is 1. The Bertz CT molecular complexity index is 773. The van der Waals surface area contributed by atoms with Crippen LogP contribution in [0.5, 0.6) is 0 Å². The number of rotatable bonds is 9. The van der Waals surface area contributed by atoms with Gasteiger partial charge in [-0.2, -0.15) is 0 Å². The molecule has 0 spiro atoms. The van der Waals surface area contributed by atoms with Gasteiger partial charge in [-0.3, -0.25) is 4.90 Å². The van der Waals surface area contributed by atoms with Crippen LogP contribution in [0.15, 0.2) is 91.0 Å². The predicted molar refractivity (Wildman–Crippen MR) is 112 cm³/mol. The van der Waals surface area contributed by atoms with E-state index in [1.807, 2.05) is 6.07 Å². The molecule has 0 heterocycles. The first-order valence-corrected chi connectivity index (χ1v) is 9.74. The van der Waals surface area contributed by atoms with E-state index >= 15 is 0 Å². The normalized spacial score (nSPS) is 13.4. The minimum atomic E-state index is 0.196. The Kier molecular flexibility index (Phi) is 7.20. The topological polar surface area (TPSA) is 23.5 Å². The Morgan fingerprint density at radius 1 is 0.741 bits per heavy atom. The molecule has 0 aliphatic rings. The summed E-state index contributed by atoms with van der Waals surface area (Å²) < 4.78 is 0. The number of aliphatic hydroxyl groups excluding tert-OH is 1. The standard InChI is InChI=1S/C25H29NO/c1-21(25-15-9-4-10-16-25)26(18-23-13-7-3-8-14-23)19-24(20-27)17-22-11-5-2-6-12-22/h2-16,21,24,27H,17-20H2,1H3/t21-,24?/m0/s1. The third-order valence-corrected chi connectivity index (χ3v) is 5.18. The molecule has 0 saturated carbocycles. The summed E-state index contributed by atoms with van der Waals surface area (Å²) in [5, 5.41) is 10.0. The van der Waals surface area contributed by atoms with Crippen LogP contribution in [-0.4, -0.2) is 23.2 Å². The lowest BCUT2D eigenvalue weighted by Crippen LogP contribution is -2.34. The van der Waals surface area contributed by atoms with Crippen LogP contribution in [-0.2, 0) is 13.0 Å². The largest absolute Gasteiger partial charge is 0.396 e. The van der Waals surface area contributed by atoms with Gasteiger partial charge in [0, 0.05) is 25.7 Å². The highest BCUT2D eigenvalue weighted by molar-refractivity contribution is 5.20. The zero-order valence-electron chi connectivity index (χ0n) is 16.0. The second-order valence-electron chi connectivity index (χ2n) is 7.24. The van der Waals surface area contributed by atoms with Crippen molar-refractivity contribution < 1.29 is 5.11 Å². The minimum absolute atomic E-state index is 0.196. The molecule has 1 unspecified atom stereocenters. The van der Waals surface area contributed by atoms with Crippen LogP contribution in [0.4, 0.5) is 0 Å². The summed E-state index contributed by atoms with van der Waals surface area (Å²) in [4.78, 5) is 2.48. The van der Waals surface area contributed by atoms with Crippen LogP contribution >= 0.6 is 0 Å². The zero-order valence-corrected chi connectivity index (χ0v) is 16.0. The van der Waals surface area contributed by atoms with Crippen LogP contribution in [0.1, 0.15) is 29.7 Å². The Balaban J connectivity index is 1.77. The fraction of sp³-hybridized carbons (Fsp3) is 0.280. The molecule has 27 heavy (non-hydrogen) atoms. The summed E-state index contributed by atoms with van der Waals surface area (Å²) in [5.41, 5.74) is 3.89. The molecule has 0 amide bonds. The van der Waals surface area contributed by atoms with Gasteiger partial charge in [-0.1, -0.05) is 91.0 Å². The van der Waals surface area contributed by atoms with Crippen molar-refractivity contribution in [2.75, 3.05) is 13.2 Å². The Hall–Kier alpha value is -2.42. The van der Waals surface area contributed by atoms with Crippen LogP contribution in [0.3, 0.4) is 0 Å². The summed E-state index contributed by atoms with van der Waals surface area (Å²) in [6.07, 6.45) is 0.893. The Labute approximate surface area is 163 Å². The van der Waals surface area contributed by atoms with E-state index < -0.39 is 0 Å². The van der Waals surface area contributed by atoms with Crippen LogP contribution in [0, 0.1) is 5.92 Å². The maximum atomic E-state index is 10.0. The number of benzene rings is 3. The molecule has 1 N–H and O–H groups in total. The molecule has 0 aromatic heterocycles. The van der Waals surface area contributed by atoms with Gasteiger partial charge in [0.2, 0.25) is 0 Å². The van der Waals surface area contributed by atoms with Crippen molar-refractivity contribution in [3.63, 3.8) is 0 Å². The van der Waals surface area contributed by atoms with Gasteiger partial charge in [0.15, 0.2) is 0 Å². The minimum Gasteiger partial charge on any atom is -0.396 e. The SMILES string of the molecule is C[C@@H](c1ccccc1)N(Cc1ccccc1)CC(CO)Cc1ccccc1. The predicted octanol–water partition coefficient (Wildman–Crippen LogP) is 5.10. The number of hydrogen-bond acceptors (Lipinski definition) is 2. The van der Waals surface area contributed by atoms with Gasteiger partial charge in [0.1, 0.15) is 0 Å². The third-order valence-electron chi connectivity index (χ3n) is 5.18. The summed E-state index contributed by atoms with van der Waals surface area (Å²) in [7, 11) is 0. The molecule has 0 bridgehead atoms. The van der Waals surface area contributed by atoms with Crippen LogP contribution in [0.2, 0.25) is 0 Å². The molecule has 3 aromatic rings. The molecule has 2 heteroatoms. The fourth-order valence-electron chi connectivity index (χ4n) is 3.59. The summed E-state index contributed by atoms with van der Waals surface area (Å²) in [6.45, 7) is 4.19. The maximum absolute atomic E-state index is 10.0. The van der Waals surface area contributed by atoms with E-state index in [1.54, 1.807) is 0 Å². The van der Waals surface area contributed by atoms with Crippen molar-refractivity contribution >= 4 is 0 Å². The van der Waals surface area contributed by atoms with Gasteiger partial charge in [-0.05, 0) is 36.0 Å². The van der Waals surface area contributed by atoms with Crippen molar-refractivity contribution in [2.24, 2.45) is 5.92 Å². The van der Waals surface area contributed by atoms with Crippen molar-refractivity contribution in [1.29, 1.82) is 0 Å². The molecule has 0 saturated heterocycles. The third kappa shape index (κ3) is 5.78. The van der Waals surface area contributed by atoms with E-state index in [1.165, 1.54) is 16.7 Å². The van der Waals surface area contributed by atoms with Gasteiger partial charge in [0.05, 0.1) is 0 Å². The van der Waals surface area contributed by atoms with Crippen molar-refractivity contribution in [3.05, 3.63) is 108 Å². The molecule has 0 fully saturated rings. The zero-order chi connectivity index (χ0) is 18.9. The molecular formula is C25H29NO. The Morgan fingerprint density at radius 2 is 1.26 bits per heavy atom. The quantitative estimate of drug-likeness (QED) is 0.574. The highest BCUT2D eigenvalue weighted by atomic mass is 16.3. The lowest BCUT2D eigenvalue weighted by molar-refractivity contribution is 0.128. The van der Waals surface area contributed by atoms with Gasteiger partial charge >= 0.3 is 0 Å². The van der Waals surface area contributed by atoms with E-state index in [9.17, 15) is 5.11 Å². The van der Waals surface area contributed by atoms with Crippen LogP contribution in [0.25, 0.3) is 0 Å². The highest BCUT2D eigenvalue weighted by Crippen LogP contribution is 2.24. The first-order valence-electron chi connectivity index (χ1n) is 9.74. The Morgan fingerprint density at radius 3 is 1.81 bits per heavy atom. The molecule has 2 atom stereocenters. The molecule has 0 aliphatic heterocycles. The van der Waals surface area contributed by atoms with E-state index in [0.29, 0.717) is 0 Å². The lowest BCUT2D eigenvalue weighted by Gasteiger charge is -2.32. The molecule has 2 nitrogen and oxygen atoms in total. The number of hydrogen-bond donors (Lipinski definition) is 1. The van der Waals surface area contributed by atoms with E-state index in [0.717, 1.165) is 19.5 Å². The number of nitrogens with zero attached hydrogens (tertiary/aromatic N) is 1. The molecule has 0 radical (unpaired) electrons. The van der Waals surface area contributed by atoms with E-state index in [-0.39, 0.29) is 18.6 Å². The lowest BCUT2D eigenvalue weighted by atomic mass is 9.97. The average molecular weight is 360 g/mol. The van der Waals surface area contributed by atoms with E-state index in [4.69, 9.17) is 0 Å². The summed E-state index contributed by atoms with van der Waals surface area (Å²) >= 11 is 0. The molecule has 0 aliphatic carbocycles. The molecule has 3 aromatic carbocycles. The second kappa shape index (κ2) is 10.1. The van der Waals surface area contributed by atoms with Gasteiger partial charge < -0.3 is 5.11 Å². The van der Waals surface area contributed by atoms with Crippen molar-refractivity contribution in [2.45, 2.75) is 25.9 Å². The summed E-state index contributed by atoms with van der Waals surface area (Å²) in [5.74, 6) is 0.210. The maximum Gasteiger partial charge on any atom is 0.0474 e. The van der Waals surface area contributed by atoms with Crippen molar-refractivity contribution in [3.8, 4) is 0 Å². The first kappa shape index (κ1) is 19.3. The van der Waals surface area contributed by atoms with E-state index in [2.05, 4.69) is 96.8 Å². The first-order chi connectivity index (χ1) is 13.3. The smallest absolute Gasteiger partial charge is 0.0474 e. The van der Waals surface area contributed by atoms with Gasteiger partial charge in [-0.25, -0.2) is 0 Å². The molecular weight excluding hydrogens is 330 g/mol. The second-order valence-corrected chi connectivity index (χ2v) is 7.24. The van der Waals surface area contributed by atoms with Gasteiger partial charge in [-0.15, -0.1) is 0 Å². The fourth-order valence-corrected chi connectivity index (χ4v) is 3.59. The van der Waals surface area contributed by atoms with Crippen molar-refractivity contribution in [1.82, 2.24) is 4.90 Å². The molecule has 140 valence electrons.